The third-order valence-electron chi connectivity index (χ3n) is 1.84. The van der Waals surface area contributed by atoms with Crippen LogP contribution in [-0.4, -0.2) is 0 Å². The van der Waals surface area contributed by atoms with Gasteiger partial charge >= 0.3 is 0 Å². The fourth-order valence-electron chi connectivity index (χ4n) is 1.21. The van der Waals surface area contributed by atoms with E-state index in [0.717, 1.165) is 11.4 Å². The van der Waals surface area contributed by atoms with Gasteiger partial charge in [-0.1, -0.05) is 57.7 Å². The molecule has 0 atom stereocenters. The molecule has 0 aliphatic carbocycles. The van der Waals surface area contributed by atoms with Gasteiger partial charge in [0.25, 0.3) is 0 Å². The van der Waals surface area contributed by atoms with Gasteiger partial charge in [0.05, 0.1) is 0 Å². The fourth-order valence-corrected chi connectivity index (χ4v) is 1.21. The Morgan fingerprint density at radius 2 is 0.938 bits per heavy atom. The maximum Gasteiger partial charge on any atom is 0.0384 e. The molecule has 2 aromatic carbocycles. The maximum atomic E-state index is 3.30. The molecule has 86 valence electrons. The lowest BCUT2D eigenvalue weighted by Gasteiger charge is -2.04. The number of para-hydroxylation sites is 2. The van der Waals surface area contributed by atoms with Crippen LogP contribution in [0, 0.1) is 0 Å². The largest absolute Gasteiger partial charge is 0.356 e. The first-order chi connectivity index (χ1) is 7.45. The summed E-state index contributed by atoms with van der Waals surface area (Å²) in [6.45, 7) is 4.00. The Morgan fingerprint density at radius 3 is 1.25 bits per heavy atom. The molecule has 1 nitrogen and oxygen atoms in total. The highest BCUT2D eigenvalue weighted by molar-refractivity contribution is 5.58. The van der Waals surface area contributed by atoms with Crippen LogP contribution in [0.5, 0.6) is 0 Å². The van der Waals surface area contributed by atoms with Gasteiger partial charge in [0.2, 0.25) is 0 Å². The van der Waals surface area contributed by atoms with Crippen molar-refractivity contribution in [1.29, 1.82) is 0 Å². The van der Waals surface area contributed by atoms with Crippen LogP contribution in [-0.2, 0) is 0 Å². The lowest BCUT2D eigenvalue weighted by Crippen LogP contribution is -1.87. The Hall–Kier alpha value is -1.76. The molecule has 0 spiro atoms. The summed E-state index contributed by atoms with van der Waals surface area (Å²) in [7, 11) is 0. The highest BCUT2D eigenvalue weighted by Crippen LogP contribution is 2.14. The molecule has 0 saturated carbocycles. The van der Waals surface area contributed by atoms with E-state index in [1.165, 1.54) is 0 Å². The van der Waals surface area contributed by atoms with Gasteiger partial charge < -0.3 is 5.32 Å². The SMILES string of the molecule is C.CC.c1ccc(Nc2ccccc2)cc1. The molecule has 0 aromatic heterocycles. The van der Waals surface area contributed by atoms with Crippen molar-refractivity contribution in [3.05, 3.63) is 60.7 Å². The van der Waals surface area contributed by atoms with Crippen molar-refractivity contribution in [2.45, 2.75) is 21.3 Å². The monoisotopic (exact) mass is 215 g/mol. The molecule has 0 aliphatic heterocycles. The Bertz CT molecular complexity index is 316. The van der Waals surface area contributed by atoms with Crippen LogP contribution in [0.15, 0.2) is 60.7 Å². The molecule has 0 saturated heterocycles. The van der Waals surface area contributed by atoms with Crippen molar-refractivity contribution in [1.82, 2.24) is 0 Å². The number of hydrogen-bond acceptors (Lipinski definition) is 1. The second kappa shape index (κ2) is 8.54. The van der Waals surface area contributed by atoms with E-state index in [1.807, 2.05) is 74.5 Å². The van der Waals surface area contributed by atoms with E-state index in [-0.39, 0.29) is 7.43 Å². The van der Waals surface area contributed by atoms with Crippen LogP contribution >= 0.6 is 0 Å². The van der Waals surface area contributed by atoms with Crippen LogP contribution in [0.4, 0.5) is 11.4 Å². The van der Waals surface area contributed by atoms with E-state index < -0.39 is 0 Å². The van der Waals surface area contributed by atoms with Crippen molar-refractivity contribution in [3.8, 4) is 0 Å². The molecular formula is C15H21N. The van der Waals surface area contributed by atoms with E-state index in [9.17, 15) is 0 Å². The zero-order valence-corrected chi connectivity index (χ0v) is 9.27. The number of nitrogens with one attached hydrogen (secondary N) is 1. The minimum atomic E-state index is 0. The van der Waals surface area contributed by atoms with Gasteiger partial charge in [-0.25, -0.2) is 0 Å². The molecule has 2 aromatic rings. The fraction of sp³-hybridized carbons (Fsp3) is 0.200. The predicted octanol–water partition coefficient (Wildman–Crippen LogP) is 5.09. The van der Waals surface area contributed by atoms with Crippen molar-refractivity contribution in [2.75, 3.05) is 5.32 Å². The average Bonchev–Trinajstić information content (AvgIpc) is 2.34. The van der Waals surface area contributed by atoms with Gasteiger partial charge in [0.15, 0.2) is 0 Å². The molecule has 16 heavy (non-hydrogen) atoms. The first-order valence-electron chi connectivity index (χ1n) is 5.32. The van der Waals surface area contributed by atoms with E-state index in [1.54, 1.807) is 0 Å². The van der Waals surface area contributed by atoms with Crippen LogP contribution in [0.3, 0.4) is 0 Å². The van der Waals surface area contributed by atoms with Crippen molar-refractivity contribution in [2.24, 2.45) is 0 Å². The molecule has 1 N–H and O–H groups in total. The molecule has 1 heteroatoms. The molecule has 0 aliphatic rings. The summed E-state index contributed by atoms with van der Waals surface area (Å²) in [4.78, 5) is 0. The number of hydrogen-bond donors (Lipinski definition) is 1. The molecule has 0 amide bonds. The van der Waals surface area contributed by atoms with Crippen LogP contribution in [0.2, 0.25) is 0 Å². The molecule has 2 rings (SSSR count). The molecule has 0 unspecified atom stereocenters. The van der Waals surface area contributed by atoms with Gasteiger partial charge in [-0.05, 0) is 24.3 Å². The third-order valence-corrected chi connectivity index (χ3v) is 1.84. The van der Waals surface area contributed by atoms with Gasteiger partial charge in [-0.3, -0.25) is 0 Å². The summed E-state index contributed by atoms with van der Waals surface area (Å²) in [5.74, 6) is 0. The topological polar surface area (TPSA) is 12.0 Å². The third kappa shape index (κ3) is 4.65. The Balaban J connectivity index is 0.000000711. The van der Waals surface area contributed by atoms with Crippen LogP contribution < -0.4 is 5.32 Å². The highest BCUT2D eigenvalue weighted by atomic mass is 14.9. The molecular weight excluding hydrogens is 194 g/mol. The normalized spacial score (nSPS) is 8.12. The van der Waals surface area contributed by atoms with E-state index in [4.69, 9.17) is 0 Å². The zero-order chi connectivity index (χ0) is 10.9. The number of rotatable bonds is 2. The van der Waals surface area contributed by atoms with Gasteiger partial charge in [-0.2, -0.15) is 0 Å². The van der Waals surface area contributed by atoms with Crippen molar-refractivity contribution in [3.63, 3.8) is 0 Å². The quantitative estimate of drug-likeness (QED) is 0.735. The molecule has 0 fully saturated rings. The lowest BCUT2D eigenvalue weighted by molar-refractivity contribution is 1.50. The summed E-state index contributed by atoms with van der Waals surface area (Å²) in [6.07, 6.45) is 0. The van der Waals surface area contributed by atoms with E-state index >= 15 is 0 Å². The second-order valence-corrected chi connectivity index (χ2v) is 2.86. The van der Waals surface area contributed by atoms with Gasteiger partial charge in [0.1, 0.15) is 0 Å². The Morgan fingerprint density at radius 1 is 0.625 bits per heavy atom. The van der Waals surface area contributed by atoms with Crippen molar-refractivity contribution < 1.29 is 0 Å². The average molecular weight is 215 g/mol. The summed E-state index contributed by atoms with van der Waals surface area (Å²) >= 11 is 0. The maximum absolute atomic E-state index is 3.30. The molecule has 0 radical (unpaired) electrons. The van der Waals surface area contributed by atoms with E-state index in [2.05, 4.69) is 5.32 Å². The van der Waals surface area contributed by atoms with Gasteiger partial charge in [0, 0.05) is 11.4 Å². The molecule has 0 bridgehead atoms. The predicted molar refractivity (Wildman–Crippen MR) is 74.2 cm³/mol. The van der Waals surface area contributed by atoms with Gasteiger partial charge in [-0.15, -0.1) is 0 Å². The smallest absolute Gasteiger partial charge is 0.0384 e. The standard InChI is InChI=1S/C12H11N.C2H6.CH4/c1-3-7-11(8-4-1)13-12-9-5-2-6-10-12;1-2;/h1-10,13H;1-2H3;1H4. The number of anilines is 2. The van der Waals surface area contributed by atoms with Crippen LogP contribution in [0.25, 0.3) is 0 Å². The van der Waals surface area contributed by atoms with E-state index in [0.29, 0.717) is 0 Å². The Labute approximate surface area is 99.1 Å². The summed E-state index contributed by atoms with van der Waals surface area (Å²) in [5.41, 5.74) is 2.24. The summed E-state index contributed by atoms with van der Waals surface area (Å²) in [6, 6.07) is 20.3. The lowest BCUT2D eigenvalue weighted by atomic mass is 10.3. The Kier molecular flexibility index (Phi) is 7.60. The number of benzene rings is 2. The summed E-state index contributed by atoms with van der Waals surface area (Å²) in [5, 5.41) is 3.30. The minimum absolute atomic E-state index is 0. The first kappa shape index (κ1) is 14.2. The van der Waals surface area contributed by atoms with Crippen molar-refractivity contribution >= 4 is 11.4 Å². The zero-order valence-electron chi connectivity index (χ0n) is 9.27. The first-order valence-corrected chi connectivity index (χ1v) is 5.32. The molecule has 0 heterocycles. The second-order valence-electron chi connectivity index (χ2n) is 2.86. The minimum Gasteiger partial charge on any atom is -0.356 e. The van der Waals surface area contributed by atoms with Crippen LogP contribution in [0.1, 0.15) is 21.3 Å². The summed E-state index contributed by atoms with van der Waals surface area (Å²) < 4.78 is 0. The highest BCUT2D eigenvalue weighted by Gasteiger charge is 1.89.